The molecule has 7 heteroatoms. The average molecular weight is 462 g/mol. The molecule has 0 spiro atoms. The predicted molar refractivity (Wildman–Crippen MR) is 124 cm³/mol. The molecule has 0 aromatic heterocycles. The summed E-state index contributed by atoms with van der Waals surface area (Å²) in [6, 6.07) is 4.81. The average Bonchev–Trinajstić information content (AvgIpc) is 3.27. The lowest BCUT2D eigenvalue weighted by atomic mass is 9.73. The number of likely N-dealkylation sites (tertiary alicyclic amines) is 1. The molecule has 4 nitrogen and oxygen atoms in total. The number of anilines is 1. The Bertz CT molecular complexity index is 913. The van der Waals surface area contributed by atoms with Crippen LogP contribution < -0.4 is 5.32 Å². The maximum Gasteiger partial charge on any atom is 0.416 e. The number of hydrogen-bond donors (Lipinski definition) is 1. The van der Waals surface area contributed by atoms with E-state index in [2.05, 4.69) is 53.5 Å². The zero-order valence-electron chi connectivity index (χ0n) is 19.4. The zero-order valence-corrected chi connectivity index (χ0v) is 19.4. The van der Waals surface area contributed by atoms with Crippen molar-refractivity contribution in [2.24, 2.45) is 11.8 Å². The van der Waals surface area contributed by atoms with E-state index in [1.165, 1.54) is 12.1 Å². The van der Waals surface area contributed by atoms with E-state index in [1.807, 2.05) is 0 Å². The summed E-state index contributed by atoms with van der Waals surface area (Å²) in [5.74, 6) is 0.476. The van der Waals surface area contributed by atoms with E-state index in [9.17, 15) is 13.2 Å². The summed E-state index contributed by atoms with van der Waals surface area (Å²) < 4.78 is 47.2. The Morgan fingerprint density at radius 2 is 2.00 bits per heavy atom. The van der Waals surface area contributed by atoms with Crippen molar-refractivity contribution in [1.29, 1.82) is 0 Å². The third-order valence-corrected chi connectivity index (χ3v) is 7.93. The van der Waals surface area contributed by atoms with Crippen LogP contribution in [-0.2, 0) is 10.9 Å². The summed E-state index contributed by atoms with van der Waals surface area (Å²) in [7, 11) is 4.24. The molecule has 5 rings (SSSR count). The van der Waals surface area contributed by atoms with Crippen molar-refractivity contribution >= 4 is 5.69 Å². The Morgan fingerprint density at radius 3 is 2.70 bits per heavy atom. The molecule has 1 aliphatic carbocycles. The molecule has 0 radical (unpaired) electrons. The highest BCUT2D eigenvalue weighted by Gasteiger charge is 2.45. The molecule has 2 unspecified atom stereocenters. The maximum absolute atomic E-state index is 13.5. The second kappa shape index (κ2) is 9.08. The number of halogens is 3. The molecule has 180 valence electrons. The Balaban J connectivity index is 1.39. The van der Waals surface area contributed by atoms with Crippen molar-refractivity contribution < 1.29 is 17.9 Å². The van der Waals surface area contributed by atoms with Crippen LogP contribution in [0, 0.1) is 11.8 Å². The highest BCUT2D eigenvalue weighted by Crippen LogP contribution is 2.49. The standard InChI is InChI=1S/C26H34F3N3O/c1-31(2)19-12-13-32(15-19)16-20-9-10-21-24(17-6-4-3-5-7-17)30-23-11-8-18(26(27,28)29)14-22(23)25(21)33-20/h3-6,8,11,14,17,19-21,24-25,30H,7,9-10,12-13,15-16H2,1-2H3/t17?,19?,20-,21+,24+,25+/m1/s1. The molecule has 0 saturated carbocycles. The summed E-state index contributed by atoms with van der Waals surface area (Å²) in [5.41, 5.74) is 0.852. The lowest BCUT2D eigenvalue weighted by Gasteiger charge is -2.48. The van der Waals surface area contributed by atoms with E-state index < -0.39 is 11.7 Å². The first kappa shape index (κ1) is 22.9. The van der Waals surface area contributed by atoms with Crippen LogP contribution in [0.1, 0.15) is 42.9 Å². The Hall–Kier alpha value is -1.83. The molecule has 2 fully saturated rings. The van der Waals surface area contributed by atoms with Crippen molar-refractivity contribution in [3.05, 3.63) is 53.6 Å². The molecule has 1 aromatic carbocycles. The van der Waals surface area contributed by atoms with Gasteiger partial charge in [-0.2, -0.15) is 13.2 Å². The van der Waals surface area contributed by atoms with E-state index in [-0.39, 0.29) is 24.2 Å². The molecule has 0 amide bonds. The number of hydrogen-bond acceptors (Lipinski definition) is 4. The maximum atomic E-state index is 13.5. The molecule has 33 heavy (non-hydrogen) atoms. The first-order valence-corrected chi connectivity index (χ1v) is 12.1. The molecule has 6 atom stereocenters. The molecule has 1 N–H and O–H groups in total. The van der Waals surface area contributed by atoms with Gasteiger partial charge in [0.1, 0.15) is 0 Å². The number of likely N-dealkylation sites (N-methyl/N-ethyl adjacent to an activating group) is 1. The number of fused-ring (bicyclic) bond motifs is 3. The van der Waals surface area contributed by atoms with E-state index >= 15 is 0 Å². The number of nitrogens with zero attached hydrogens (tertiary/aromatic N) is 2. The first-order chi connectivity index (χ1) is 15.8. The van der Waals surface area contributed by atoms with Gasteiger partial charge in [-0.05, 0) is 64.5 Å². The summed E-state index contributed by atoms with van der Waals surface area (Å²) in [4.78, 5) is 4.73. The fourth-order valence-corrected chi connectivity index (χ4v) is 6.08. The predicted octanol–water partition coefficient (Wildman–Crippen LogP) is 5.10. The Kier molecular flexibility index (Phi) is 6.31. The lowest BCUT2D eigenvalue weighted by Crippen LogP contribution is -2.48. The topological polar surface area (TPSA) is 27.7 Å². The molecular weight excluding hydrogens is 427 g/mol. The van der Waals surface area contributed by atoms with Crippen LogP contribution in [0.5, 0.6) is 0 Å². The molecule has 2 saturated heterocycles. The summed E-state index contributed by atoms with van der Waals surface area (Å²) in [6.45, 7) is 2.93. The molecule has 4 aliphatic rings. The van der Waals surface area contributed by atoms with Gasteiger partial charge in [0.15, 0.2) is 0 Å². The van der Waals surface area contributed by atoms with Crippen molar-refractivity contribution in [2.45, 2.75) is 56.2 Å². The summed E-state index contributed by atoms with van der Waals surface area (Å²) in [6.07, 6.45) is 7.92. The number of benzene rings is 1. The third-order valence-electron chi connectivity index (χ3n) is 7.93. The van der Waals surface area contributed by atoms with Gasteiger partial charge in [-0.15, -0.1) is 0 Å². The normalized spacial score (nSPS) is 34.2. The minimum absolute atomic E-state index is 0.0510. The SMILES string of the molecule is CN(C)C1CCN(C[C@H]2CC[C@@H]3[C@H](O2)c2cc(C(F)(F)F)ccc2N[C@H]3C2C=CC=CC2)C1. The van der Waals surface area contributed by atoms with Gasteiger partial charge in [0.2, 0.25) is 0 Å². The Labute approximate surface area is 194 Å². The van der Waals surface area contributed by atoms with Gasteiger partial charge in [0.25, 0.3) is 0 Å². The summed E-state index contributed by atoms with van der Waals surface area (Å²) in [5, 5.41) is 3.60. The van der Waals surface area contributed by atoms with Gasteiger partial charge < -0.3 is 15.0 Å². The molecule has 3 aliphatic heterocycles. The van der Waals surface area contributed by atoms with E-state index in [1.54, 1.807) is 6.07 Å². The lowest BCUT2D eigenvalue weighted by molar-refractivity contribution is -0.138. The van der Waals surface area contributed by atoms with Crippen LogP contribution in [0.15, 0.2) is 42.5 Å². The molecular formula is C26H34F3N3O. The number of alkyl halides is 3. The van der Waals surface area contributed by atoms with Crippen LogP contribution >= 0.6 is 0 Å². The largest absolute Gasteiger partial charge is 0.416 e. The fraction of sp³-hybridized carbons (Fsp3) is 0.615. The number of ether oxygens (including phenoxy) is 1. The van der Waals surface area contributed by atoms with E-state index in [4.69, 9.17) is 4.74 Å². The van der Waals surface area contributed by atoms with Gasteiger partial charge in [0.05, 0.1) is 17.8 Å². The minimum atomic E-state index is -4.36. The van der Waals surface area contributed by atoms with E-state index in [0.29, 0.717) is 17.5 Å². The minimum Gasteiger partial charge on any atom is -0.381 e. The van der Waals surface area contributed by atoms with Crippen molar-refractivity contribution in [3.63, 3.8) is 0 Å². The van der Waals surface area contributed by atoms with E-state index in [0.717, 1.165) is 51.0 Å². The van der Waals surface area contributed by atoms with Crippen LogP contribution in [0.4, 0.5) is 18.9 Å². The van der Waals surface area contributed by atoms with Crippen molar-refractivity contribution in [1.82, 2.24) is 9.80 Å². The quantitative estimate of drug-likeness (QED) is 0.675. The number of nitrogens with one attached hydrogen (secondary N) is 1. The smallest absolute Gasteiger partial charge is 0.381 e. The van der Waals surface area contributed by atoms with Crippen molar-refractivity contribution in [3.8, 4) is 0 Å². The van der Waals surface area contributed by atoms with Crippen LogP contribution in [0.25, 0.3) is 0 Å². The molecule has 3 heterocycles. The van der Waals surface area contributed by atoms with Crippen LogP contribution in [0.2, 0.25) is 0 Å². The summed E-state index contributed by atoms with van der Waals surface area (Å²) >= 11 is 0. The van der Waals surface area contributed by atoms with Crippen LogP contribution in [-0.4, -0.2) is 61.7 Å². The zero-order chi connectivity index (χ0) is 23.2. The molecule has 1 aromatic rings. The first-order valence-electron chi connectivity index (χ1n) is 12.1. The van der Waals surface area contributed by atoms with Gasteiger partial charge in [0, 0.05) is 48.3 Å². The monoisotopic (exact) mass is 461 g/mol. The van der Waals surface area contributed by atoms with Gasteiger partial charge in [-0.3, -0.25) is 4.90 Å². The number of rotatable bonds is 4. The number of allylic oxidation sites excluding steroid dienone is 3. The highest BCUT2D eigenvalue weighted by molar-refractivity contribution is 5.58. The Morgan fingerprint density at radius 1 is 1.15 bits per heavy atom. The molecule has 0 bridgehead atoms. The highest BCUT2D eigenvalue weighted by atomic mass is 19.4. The van der Waals surface area contributed by atoms with Crippen LogP contribution in [0.3, 0.4) is 0 Å². The fourth-order valence-electron chi connectivity index (χ4n) is 6.08. The van der Waals surface area contributed by atoms with Crippen molar-refractivity contribution in [2.75, 3.05) is 39.0 Å². The van der Waals surface area contributed by atoms with Gasteiger partial charge in [-0.1, -0.05) is 24.3 Å². The van der Waals surface area contributed by atoms with Gasteiger partial charge >= 0.3 is 6.18 Å². The second-order valence-corrected chi connectivity index (χ2v) is 10.3. The third kappa shape index (κ3) is 4.73. The van der Waals surface area contributed by atoms with Gasteiger partial charge in [-0.25, -0.2) is 0 Å². The second-order valence-electron chi connectivity index (χ2n) is 10.3.